The van der Waals surface area contributed by atoms with Gasteiger partial charge in [0.2, 0.25) is 0 Å². The number of allylic oxidation sites excluding steroid dienone is 2. The molecule has 1 fully saturated rings. The predicted molar refractivity (Wildman–Crippen MR) is 108 cm³/mol. The third-order valence-electron chi connectivity index (χ3n) is 6.71. The van der Waals surface area contributed by atoms with Crippen LogP contribution >= 0.6 is 0 Å². The first kappa shape index (κ1) is 22.0. The molecular formula is C23H34O6. The van der Waals surface area contributed by atoms with E-state index in [0.717, 1.165) is 18.4 Å². The third-order valence-corrected chi connectivity index (χ3v) is 6.71. The van der Waals surface area contributed by atoms with E-state index in [-0.39, 0.29) is 54.2 Å². The molecule has 0 bridgehead atoms. The fraction of sp³-hybridized carbons (Fsp3) is 0.739. The van der Waals surface area contributed by atoms with Gasteiger partial charge in [0.1, 0.15) is 12.2 Å². The van der Waals surface area contributed by atoms with Gasteiger partial charge in [0, 0.05) is 18.8 Å². The molecule has 0 saturated carbocycles. The van der Waals surface area contributed by atoms with E-state index in [2.05, 4.69) is 13.0 Å². The Labute approximate surface area is 173 Å². The number of hydrogen-bond acceptors (Lipinski definition) is 6. The molecule has 6 nitrogen and oxygen atoms in total. The monoisotopic (exact) mass is 406 g/mol. The summed E-state index contributed by atoms with van der Waals surface area (Å²) in [4.78, 5) is 24.1. The molecule has 0 aromatic heterocycles. The molecule has 1 aliphatic heterocycles. The molecule has 162 valence electrons. The van der Waals surface area contributed by atoms with Crippen LogP contribution in [-0.4, -0.2) is 46.6 Å². The summed E-state index contributed by atoms with van der Waals surface area (Å²) in [5.41, 5.74) is 1.02. The van der Waals surface area contributed by atoms with Gasteiger partial charge in [0.25, 0.3) is 0 Å². The Balaban J connectivity index is 1.74. The van der Waals surface area contributed by atoms with Crippen LogP contribution in [0.2, 0.25) is 0 Å². The van der Waals surface area contributed by atoms with E-state index in [1.165, 1.54) is 0 Å². The quantitative estimate of drug-likeness (QED) is 0.659. The fourth-order valence-corrected chi connectivity index (χ4v) is 4.84. The highest BCUT2D eigenvalue weighted by Crippen LogP contribution is 2.44. The zero-order chi connectivity index (χ0) is 21.1. The Morgan fingerprint density at radius 2 is 2.07 bits per heavy atom. The minimum Gasteiger partial charge on any atom is -0.462 e. The Bertz CT molecular complexity index is 668. The second-order valence-electron chi connectivity index (χ2n) is 8.95. The number of ether oxygens (including phenoxy) is 2. The molecule has 3 aliphatic rings. The number of aliphatic hydroxyl groups excluding tert-OH is 2. The first-order valence-electron chi connectivity index (χ1n) is 10.9. The smallest absolute Gasteiger partial charge is 0.308 e. The number of fused-ring (bicyclic) bond motifs is 1. The molecule has 6 heteroatoms. The highest BCUT2D eigenvalue weighted by molar-refractivity contribution is 5.72. The van der Waals surface area contributed by atoms with Crippen molar-refractivity contribution in [3.05, 3.63) is 23.8 Å². The van der Waals surface area contributed by atoms with E-state index in [4.69, 9.17) is 9.47 Å². The van der Waals surface area contributed by atoms with Crippen LogP contribution in [0.15, 0.2) is 23.8 Å². The van der Waals surface area contributed by atoms with Crippen molar-refractivity contribution in [1.29, 1.82) is 0 Å². The number of carbonyl (C=O) groups is 2. The summed E-state index contributed by atoms with van der Waals surface area (Å²) in [7, 11) is 0. The number of hydrogen-bond donors (Lipinski definition) is 2. The molecule has 0 radical (unpaired) electrons. The van der Waals surface area contributed by atoms with Crippen LogP contribution in [-0.2, 0) is 19.1 Å². The van der Waals surface area contributed by atoms with Gasteiger partial charge in [-0.05, 0) is 36.7 Å². The molecule has 0 amide bonds. The summed E-state index contributed by atoms with van der Waals surface area (Å²) in [6.45, 7) is 5.97. The summed E-state index contributed by atoms with van der Waals surface area (Å²) in [6.07, 6.45) is 7.31. The molecule has 2 N–H and O–H groups in total. The van der Waals surface area contributed by atoms with Gasteiger partial charge in [-0.25, -0.2) is 0 Å². The lowest BCUT2D eigenvalue weighted by Gasteiger charge is -2.43. The van der Waals surface area contributed by atoms with Crippen LogP contribution in [0.3, 0.4) is 0 Å². The molecule has 2 aliphatic carbocycles. The van der Waals surface area contributed by atoms with Crippen molar-refractivity contribution in [2.24, 2.45) is 23.7 Å². The average molecular weight is 407 g/mol. The van der Waals surface area contributed by atoms with Crippen LogP contribution in [0.4, 0.5) is 0 Å². The lowest BCUT2D eigenvalue weighted by Crippen LogP contribution is -2.43. The van der Waals surface area contributed by atoms with Crippen molar-refractivity contribution in [3.63, 3.8) is 0 Å². The average Bonchev–Trinajstić information content (AvgIpc) is 2.65. The van der Waals surface area contributed by atoms with Crippen molar-refractivity contribution >= 4 is 11.9 Å². The first-order valence-corrected chi connectivity index (χ1v) is 10.9. The molecular weight excluding hydrogens is 372 g/mol. The zero-order valence-corrected chi connectivity index (χ0v) is 17.6. The molecule has 1 saturated heterocycles. The maximum Gasteiger partial charge on any atom is 0.308 e. The number of aliphatic hydroxyl groups is 2. The van der Waals surface area contributed by atoms with E-state index in [1.807, 2.05) is 26.0 Å². The van der Waals surface area contributed by atoms with Crippen LogP contribution in [0.5, 0.6) is 0 Å². The minimum absolute atomic E-state index is 0.0237. The van der Waals surface area contributed by atoms with Gasteiger partial charge < -0.3 is 19.7 Å². The van der Waals surface area contributed by atoms with E-state index >= 15 is 0 Å². The Hall–Kier alpha value is -1.66. The molecule has 3 rings (SSSR count). The van der Waals surface area contributed by atoms with Gasteiger partial charge >= 0.3 is 11.9 Å². The number of esters is 2. The second-order valence-corrected chi connectivity index (χ2v) is 8.95. The zero-order valence-electron chi connectivity index (χ0n) is 17.6. The van der Waals surface area contributed by atoms with Gasteiger partial charge in [-0.1, -0.05) is 39.0 Å². The summed E-state index contributed by atoms with van der Waals surface area (Å²) in [5, 5.41) is 20.2. The summed E-state index contributed by atoms with van der Waals surface area (Å²) in [6, 6.07) is 0. The van der Waals surface area contributed by atoms with Crippen molar-refractivity contribution in [3.8, 4) is 0 Å². The van der Waals surface area contributed by atoms with Gasteiger partial charge in [-0.3, -0.25) is 9.59 Å². The van der Waals surface area contributed by atoms with Crippen molar-refractivity contribution < 1.29 is 29.3 Å². The molecule has 2 unspecified atom stereocenters. The fourth-order valence-electron chi connectivity index (χ4n) is 4.84. The number of carbonyl (C=O) groups excluding carboxylic acids is 2. The molecule has 1 heterocycles. The van der Waals surface area contributed by atoms with E-state index in [9.17, 15) is 19.8 Å². The number of cyclic esters (lactones) is 1. The molecule has 8 atom stereocenters. The van der Waals surface area contributed by atoms with Gasteiger partial charge in [0.15, 0.2) is 0 Å². The largest absolute Gasteiger partial charge is 0.462 e. The molecule has 0 aromatic rings. The van der Waals surface area contributed by atoms with E-state index in [0.29, 0.717) is 19.3 Å². The second kappa shape index (κ2) is 9.43. The van der Waals surface area contributed by atoms with Crippen LogP contribution < -0.4 is 0 Å². The van der Waals surface area contributed by atoms with Crippen LogP contribution in [0.25, 0.3) is 0 Å². The highest BCUT2D eigenvalue weighted by Gasteiger charge is 2.42. The maximum absolute atomic E-state index is 12.5. The predicted octanol–water partition coefficient (Wildman–Crippen LogP) is 2.92. The Morgan fingerprint density at radius 1 is 1.31 bits per heavy atom. The first-order chi connectivity index (χ1) is 13.8. The maximum atomic E-state index is 12.5. The summed E-state index contributed by atoms with van der Waals surface area (Å²) >= 11 is 0. The SMILES string of the molecule is CC[C@H](C)C(=O)O[C@H]1C[C@H](O)C=C2C=C[C@H](C)C(CC[C@@H]3C[C@@H](O)CC(=O)O3)C21. The minimum atomic E-state index is -0.630. The van der Waals surface area contributed by atoms with Gasteiger partial charge in [-0.2, -0.15) is 0 Å². The van der Waals surface area contributed by atoms with E-state index < -0.39 is 12.2 Å². The summed E-state index contributed by atoms with van der Waals surface area (Å²) in [5.74, 6) is -0.203. The lowest BCUT2D eigenvalue weighted by atomic mass is 9.66. The highest BCUT2D eigenvalue weighted by atomic mass is 16.6. The van der Waals surface area contributed by atoms with Crippen LogP contribution in [0, 0.1) is 23.7 Å². The van der Waals surface area contributed by atoms with Gasteiger partial charge in [-0.15, -0.1) is 0 Å². The Morgan fingerprint density at radius 3 is 2.76 bits per heavy atom. The normalized spacial score (nSPS) is 37.9. The third kappa shape index (κ3) is 5.28. The summed E-state index contributed by atoms with van der Waals surface area (Å²) < 4.78 is 11.3. The van der Waals surface area contributed by atoms with Gasteiger partial charge in [0.05, 0.1) is 24.5 Å². The molecule has 29 heavy (non-hydrogen) atoms. The molecule has 0 aromatic carbocycles. The van der Waals surface area contributed by atoms with E-state index in [1.54, 1.807) is 0 Å². The van der Waals surface area contributed by atoms with Crippen molar-refractivity contribution in [2.45, 2.75) is 83.7 Å². The standard InChI is InChI=1S/C23H34O6/c1-4-13(2)23(27)29-20-11-16(24)9-15-6-5-14(3)19(22(15)20)8-7-18-10-17(25)12-21(26)28-18/h5-6,9,13-14,16-20,22,24-25H,4,7-8,10-12H2,1-3H3/t13-,14-,16+,17+,18+,19?,20-,22?/m0/s1. The van der Waals surface area contributed by atoms with Crippen LogP contribution in [0.1, 0.15) is 59.3 Å². The Kier molecular flexibility index (Phi) is 7.17. The topological polar surface area (TPSA) is 93.1 Å². The van der Waals surface area contributed by atoms with Crippen molar-refractivity contribution in [1.82, 2.24) is 0 Å². The molecule has 0 spiro atoms. The lowest BCUT2D eigenvalue weighted by molar-refractivity contribution is -0.162. The van der Waals surface area contributed by atoms with Crippen molar-refractivity contribution in [2.75, 3.05) is 0 Å². The number of rotatable bonds is 6.